The van der Waals surface area contributed by atoms with Crippen LogP contribution in [0.3, 0.4) is 0 Å². The van der Waals surface area contributed by atoms with E-state index in [-0.39, 0.29) is 12.5 Å². The quantitative estimate of drug-likeness (QED) is 0.856. The van der Waals surface area contributed by atoms with Crippen molar-refractivity contribution in [2.75, 3.05) is 32.8 Å². The topological polar surface area (TPSA) is 32.8 Å². The second-order valence-electron chi connectivity index (χ2n) is 6.46. The van der Waals surface area contributed by atoms with Gasteiger partial charge in [-0.25, -0.2) is 0 Å². The monoisotopic (exact) mass is 302 g/mol. The van der Waals surface area contributed by atoms with E-state index in [4.69, 9.17) is 4.74 Å². The van der Waals surface area contributed by atoms with Gasteiger partial charge in [-0.15, -0.1) is 0 Å². The first kappa shape index (κ1) is 15.3. The molecule has 0 saturated carbocycles. The number of rotatable bonds is 4. The smallest absolute Gasteiger partial charge is 0.260 e. The van der Waals surface area contributed by atoms with E-state index in [9.17, 15) is 4.79 Å². The van der Waals surface area contributed by atoms with Crippen molar-refractivity contribution in [1.82, 2.24) is 9.80 Å². The molecular formula is C18H26N2O2. The summed E-state index contributed by atoms with van der Waals surface area (Å²) < 4.78 is 5.60. The first-order valence-corrected chi connectivity index (χ1v) is 8.44. The number of amides is 1. The van der Waals surface area contributed by atoms with Crippen LogP contribution in [-0.2, 0) is 4.79 Å². The van der Waals surface area contributed by atoms with E-state index in [0.717, 1.165) is 31.7 Å². The van der Waals surface area contributed by atoms with Gasteiger partial charge in [0, 0.05) is 19.1 Å². The lowest BCUT2D eigenvalue weighted by atomic mass is 10.0. The molecule has 2 heterocycles. The van der Waals surface area contributed by atoms with Crippen LogP contribution >= 0.6 is 0 Å². The Morgan fingerprint density at radius 3 is 2.36 bits per heavy atom. The van der Waals surface area contributed by atoms with Crippen molar-refractivity contribution in [2.24, 2.45) is 0 Å². The Morgan fingerprint density at radius 2 is 1.73 bits per heavy atom. The first-order valence-electron chi connectivity index (χ1n) is 8.44. The molecule has 120 valence electrons. The Kier molecular flexibility index (Phi) is 4.98. The Balaban J connectivity index is 1.42. The van der Waals surface area contributed by atoms with Crippen LogP contribution in [0.4, 0.5) is 0 Å². The fourth-order valence-corrected chi connectivity index (χ4v) is 3.46. The molecular weight excluding hydrogens is 276 g/mol. The molecule has 1 amide bonds. The summed E-state index contributed by atoms with van der Waals surface area (Å²) in [4.78, 5) is 16.8. The third-order valence-electron chi connectivity index (χ3n) is 4.86. The highest BCUT2D eigenvalue weighted by atomic mass is 16.5. The summed E-state index contributed by atoms with van der Waals surface area (Å²) in [6.45, 7) is 6.43. The van der Waals surface area contributed by atoms with Gasteiger partial charge in [-0.05, 0) is 57.8 Å². The van der Waals surface area contributed by atoms with Crippen LogP contribution in [-0.4, -0.2) is 54.5 Å². The van der Waals surface area contributed by atoms with Crippen molar-refractivity contribution in [2.45, 2.75) is 38.6 Å². The normalized spacial score (nSPS) is 20.3. The second kappa shape index (κ2) is 7.14. The molecule has 3 rings (SSSR count). The average molecular weight is 302 g/mol. The molecule has 4 nitrogen and oxygen atoms in total. The number of nitrogens with zero attached hydrogens (tertiary/aromatic N) is 2. The van der Waals surface area contributed by atoms with Gasteiger partial charge in [-0.2, -0.15) is 0 Å². The minimum Gasteiger partial charge on any atom is -0.484 e. The fourth-order valence-electron chi connectivity index (χ4n) is 3.46. The summed E-state index contributed by atoms with van der Waals surface area (Å²) in [6, 6.07) is 8.53. The lowest BCUT2D eigenvalue weighted by molar-refractivity contribution is -0.134. The third-order valence-corrected chi connectivity index (χ3v) is 4.86. The number of carbonyl (C=O) groups is 1. The molecule has 1 aromatic rings. The molecule has 0 aromatic heterocycles. The van der Waals surface area contributed by atoms with Gasteiger partial charge < -0.3 is 14.5 Å². The molecule has 0 radical (unpaired) electrons. The molecule has 2 fully saturated rings. The van der Waals surface area contributed by atoms with Crippen molar-refractivity contribution in [1.29, 1.82) is 0 Å². The highest BCUT2D eigenvalue weighted by Crippen LogP contribution is 2.21. The van der Waals surface area contributed by atoms with Gasteiger partial charge in [0.2, 0.25) is 0 Å². The summed E-state index contributed by atoms with van der Waals surface area (Å²) in [7, 11) is 0. The Bertz CT molecular complexity index is 486. The van der Waals surface area contributed by atoms with Crippen LogP contribution in [0.1, 0.15) is 31.2 Å². The van der Waals surface area contributed by atoms with Gasteiger partial charge in [0.1, 0.15) is 5.75 Å². The molecule has 0 N–H and O–H groups in total. The van der Waals surface area contributed by atoms with Crippen LogP contribution < -0.4 is 4.74 Å². The lowest BCUT2D eigenvalue weighted by Gasteiger charge is -2.36. The minimum absolute atomic E-state index is 0.112. The number of ether oxygens (including phenoxy) is 1. The zero-order valence-corrected chi connectivity index (χ0v) is 13.5. The predicted octanol–water partition coefficient (Wildman–Crippen LogP) is 2.46. The number of piperidine rings is 1. The lowest BCUT2D eigenvalue weighted by Crippen LogP contribution is -2.47. The number of aryl methyl sites for hydroxylation is 1. The van der Waals surface area contributed by atoms with Crippen LogP contribution in [0.2, 0.25) is 0 Å². The summed E-state index contributed by atoms with van der Waals surface area (Å²) >= 11 is 0. The Labute approximate surface area is 133 Å². The minimum atomic E-state index is 0.112. The van der Waals surface area contributed by atoms with Crippen molar-refractivity contribution in [3.05, 3.63) is 29.8 Å². The third kappa shape index (κ3) is 3.80. The zero-order valence-electron chi connectivity index (χ0n) is 13.5. The predicted molar refractivity (Wildman–Crippen MR) is 87.1 cm³/mol. The van der Waals surface area contributed by atoms with E-state index >= 15 is 0 Å². The molecule has 2 aliphatic heterocycles. The van der Waals surface area contributed by atoms with Gasteiger partial charge in [0.05, 0.1) is 0 Å². The van der Waals surface area contributed by atoms with E-state index in [1.54, 1.807) is 0 Å². The fraction of sp³-hybridized carbons (Fsp3) is 0.611. The molecule has 0 bridgehead atoms. The summed E-state index contributed by atoms with van der Waals surface area (Å²) in [5, 5.41) is 0. The van der Waals surface area contributed by atoms with E-state index in [0.29, 0.717) is 6.04 Å². The Hall–Kier alpha value is -1.55. The van der Waals surface area contributed by atoms with Gasteiger partial charge in [-0.3, -0.25) is 4.79 Å². The summed E-state index contributed by atoms with van der Waals surface area (Å²) in [5.74, 6) is 0.881. The molecule has 0 spiro atoms. The van der Waals surface area contributed by atoms with Crippen LogP contribution in [0.15, 0.2) is 24.3 Å². The number of hydrogen-bond donors (Lipinski definition) is 0. The summed E-state index contributed by atoms with van der Waals surface area (Å²) in [6.07, 6.45) is 4.89. The van der Waals surface area contributed by atoms with Crippen LogP contribution in [0, 0.1) is 6.92 Å². The molecule has 2 aliphatic rings. The molecule has 2 saturated heterocycles. The van der Waals surface area contributed by atoms with Gasteiger partial charge in [-0.1, -0.05) is 17.7 Å². The number of likely N-dealkylation sites (tertiary alicyclic amines) is 2. The van der Waals surface area contributed by atoms with Crippen LogP contribution in [0.25, 0.3) is 0 Å². The van der Waals surface area contributed by atoms with Crippen molar-refractivity contribution in [3.63, 3.8) is 0 Å². The van der Waals surface area contributed by atoms with Crippen molar-refractivity contribution < 1.29 is 9.53 Å². The Morgan fingerprint density at radius 1 is 1.09 bits per heavy atom. The molecule has 0 unspecified atom stereocenters. The largest absolute Gasteiger partial charge is 0.484 e. The van der Waals surface area contributed by atoms with E-state index in [1.807, 2.05) is 36.1 Å². The highest BCUT2D eigenvalue weighted by molar-refractivity contribution is 5.77. The molecule has 4 heteroatoms. The number of benzene rings is 1. The second-order valence-corrected chi connectivity index (χ2v) is 6.46. The zero-order chi connectivity index (χ0) is 15.4. The maximum atomic E-state index is 12.3. The highest BCUT2D eigenvalue weighted by Gasteiger charge is 2.28. The number of carbonyl (C=O) groups excluding carboxylic acids is 1. The molecule has 0 atom stereocenters. The van der Waals surface area contributed by atoms with Gasteiger partial charge >= 0.3 is 0 Å². The van der Waals surface area contributed by atoms with Gasteiger partial charge in [0.25, 0.3) is 5.91 Å². The van der Waals surface area contributed by atoms with E-state index in [2.05, 4.69) is 4.90 Å². The molecule has 1 aromatic carbocycles. The molecule has 0 aliphatic carbocycles. The van der Waals surface area contributed by atoms with Crippen molar-refractivity contribution >= 4 is 5.91 Å². The number of hydrogen-bond acceptors (Lipinski definition) is 3. The average Bonchev–Trinajstić information content (AvgIpc) is 3.09. The maximum absolute atomic E-state index is 12.3. The maximum Gasteiger partial charge on any atom is 0.260 e. The van der Waals surface area contributed by atoms with Crippen LogP contribution in [0.5, 0.6) is 5.75 Å². The SMILES string of the molecule is Cc1ccc(OCC(=O)N2CCC(N3CCCC3)CC2)cc1. The van der Waals surface area contributed by atoms with Gasteiger partial charge in [0.15, 0.2) is 6.61 Å². The summed E-state index contributed by atoms with van der Waals surface area (Å²) in [5.41, 5.74) is 1.20. The first-order chi connectivity index (χ1) is 10.7. The van der Waals surface area contributed by atoms with Crippen molar-refractivity contribution in [3.8, 4) is 5.75 Å². The van der Waals surface area contributed by atoms with E-state index < -0.39 is 0 Å². The molecule has 22 heavy (non-hydrogen) atoms. The van der Waals surface area contributed by atoms with E-state index in [1.165, 1.54) is 31.5 Å². The standard InChI is InChI=1S/C18H26N2O2/c1-15-4-6-17(7-5-15)22-14-18(21)20-12-8-16(9-13-20)19-10-2-3-11-19/h4-7,16H,2-3,8-14H2,1H3.